The first-order valence-electron chi connectivity index (χ1n) is 3.31. The molecule has 0 radical (unpaired) electrons. The molecule has 3 heteroatoms. The van der Waals surface area contributed by atoms with E-state index in [0.717, 1.165) is 19.6 Å². The van der Waals surface area contributed by atoms with E-state index < -0.39 is 0 Å². The van der Waals surface area contributed by atoms with Crippen molar-refractivity contribution in [1.82, 2.24) is 5.32 Å². The van der Waals surface area contributed by atoms with Crippen molar-refractivity contribution in [3.05, 3.63) is 0 Å². The molecule has 9 heavy (non-hydrogen) atoms. The first-order valence-corrected chi connectivity index (χ1v) is 3.31. The third kappa shape index (κ3) is 7.88. The highest BCUT2D eigenvalue weighted by Crippen LogP contribution is 1.77. The Labute approximate surface area is 56.0 Å². The van der Waals surface area contributed by atoms with Crippen LogP contribution in [0.5, 0.6) is 0 Å². The van der Waals surface area contributed by atoms with Crippen LogP contribution in [0.4, 0.5) is 0 Å². The zero-order chi connectivity index (χ0) is 6.95. The molecule has 0 amide bonds. The lowest BCUT2D eigenvalue weighted by Crippen LogP contribution is -2.20. The highest BCUT2D eigenvalue weighted by molar-refractivity contribution is 4.36. The van der Waals surface area contributed by atoms with Crippen molar-refractivity contribution in [3.8, 4) is 0 Å². The van der Waals surface area contributed by atoms with E-state index in [2.05, 4.69) is 12.2 Å². The average Bonchev–Trinajstić information content (AvgIpc) is 1.89. The predicted octanol–water partition coefficient (Wildman–Crippen LogP) is -0.0476. The fourth-order valence-corrected chi connectivity index (χ4v) is 0.470. The third-order valence-corrected chi connectivity index (χ3v) is 0.883. The topological polar surface area (TPSA) is 41.5 Å². The van der Waals surface area contributed by atoms with E-state index >= 15 is 0 Å². The first kappa shape index (κ1) is 8.88. The Balaban J connectivity index is 2.60. The Morgan fingerprint density at radius 2 is 2.22 bits per heavy atom. The van der Waals surface area contributed by atoms with Crippen molar-refractivity contribution in [1.29, 1.82) is 0 Å². The van der Waals surface area contributed by atoms with Crippen LogP contribution in [0.1, 0.15) is 13.3 Å². The predicted molar refractivity (Wildman–Crippen MR) is 36.2 cm³/mol. The molecule has 0 saturated heterocycles. The number of nitrogens with one attached hydrogen (secondary N) is 1. The van der Waals surface area contributed by atoms with Gasteiger partial charge in [-0.3, -0.25) is 5.32 Å². The summed E-state index contributed by atoms with van der Waals surface area (Å²) < 4.78 is 5.11. The standard InChI is InChI=1S/C6H15NO2/c1-2-4-9-5-3-7-6-8/h7-8H,2-6H2,1H3. The lowest BCUT2D eigenvalue weighted by Gasteiger charge is -2.00. The fraction of sp³-hybridized carbons (Fsp3) is 1.00. The van der Waals surface area contributed by atoms with Crippen molar-refractivity contribution >= 4 is 0 Å². The van der Waals surface area contributed by atoms with Gasteiger partial charge < -0.3 is 9.84 Å². The second-order valence-electron chi connectivity index (χ2n) is 1.77. The minimum absolute atomic E-state index is 0.0372. The van der Waals surface area contributed by atoms with Crippen LogP contribution in [-0.4, -0.2) is 31.6 Å². The molecule has 0 atom stereocenters. The van der Waals surface area contributed by atoms with Crippen LogP contribution in [0.3, 0.4) is 0 Å². The summed E-state index contributed by atoms with van der Waals surface area (Å²) in [6.45, 7) is 4.34. The molecule has 0 saturated carbocycles. The summed E-state index contributed by atoms with van der Waals surface area (Å²) >= 11 is 0. The molecule has 0 aromatic rings. The molecule has 0 spiro atoms. The van der Waals surface area contributed by atoms with Gasteiger partial charge in [0.05, 0.1) is 13.3 Å². The highest BCUT2D eigenvalue weighted by atomic mass is 16.5. The van der Waals surface area contributed by atoms with Gasteiger partial charge in [0.2, 0.25) is 0 Å². The van der Waals surface area contributed by atoms with Gasteiger partial charge in [-0.2, -0.15) is 0 Å². The molecule has 0 heterocycles. The van der Waals surface area contributed by atoms with Gasteiger partial charge in [0, 0.05) is 13.2 Å². The molecule has 56 valence electrons. The molecule has 2 N–H and O–H groups in total. The van der Waals surface area contributed by atoms with E-state index in [1.165, 1.54) is 0 Å². The molecule has 0 rings (SSSR count). The molecule has 0 bridgehead atoms. The van der Waals surface area contributed by atoms with Crippen LogP contribution in [0.2, 0.25) is 0 Å². The monoisotopic (exact) mass is 133 g/mol. The van der Waals surface area contributed by atoms with Gasteiger partial charge in [0.15, 0.2) is 0 Å². The van der Waals surface area contributed by atoms with Crippen LogP contribution < -0.4 is 5.32 Å². The normalized spacial score (nSPS) is 10.0. The van der Waals surface area contributed by atoms with E-state index in [-0.39, 0.29) is 6.73 Å². The van der Waals surface area contributed by atoms with Crippen molar-refractivity contribution in [2.75, 3.05) is 26.5 Å². The number of aliphatic hydroxyl groups is 1. The SMILES string of the molecule is CCCOCCNCO. The summed E-state index contributed by atoms with van der Waals surface area (Å²) in [6, 6.07) is 0. The van der Waals surface area contributed by atoms with Gasteiger partial charge in [-0.25, -0.2) is 0 Å². The van der Waals surface area contributed by atoms with E-state index in [4.69, 9.17) is 9.84 Å². The highest BCUT2D eigenvalue weighted by Gasteiger charge is 1.83. The molecule has 0 aliphatic heterocycles. The number of hydrogen-bond acceptors (Lipinski definition) is 3. The van der Waals surface area contributed by atoms with Gasteiger partial charge in [-0.15, -0.1) is 0 Å². The Bertz CT molecular complexity index is 44.3. The first-order chi connectivity index (χ1) is 4.41. The maximum absolute atomic E-state index is 8.26. The van der Waals surface area contributed by atoms with Crippen LogP contribution >= 0.6 is 0 Å². The molecule has 0 aliphatic carbocycles. The second kappa shape index (κ2) is 7.88. The lowest BCUT2D eigenvalue weighted by molar-refractivity contribution is 0.129. The fourth-order valence-electron chi connectivity index (χ4n) is 0.470. The largest absolute Gasteiger partial charge is 0.381 e. The molecular formula is C6H15NO2. The van der Waals surface area contributed by atoms with E-state index in [1.54, 1.807) is 0 Å². The van der Waals surface area contributed by atoms with Gasteiger partial charge in [0.1, 0.15) is 0 Å². The van der Waals surface area contributed by atoms with Crippen LogP contribution in [0, 0.1) is 0 Å². The van der Waals surface area contributed by atoms with Crippen molar-refractivity contribution in [2.24, 2.45) is 0 Å². The van der Waals surface area contributed by atoms with Gasteiger partial charge >= 0.3 is 0 Å². The van der Waals surface area contributed by atoms with Crippen LogP contribution in [0.15, 0.2) is 0 Å². The molecule has 0 aliphatic rings. The summed E-state index contributed by atoms with van der Waals surface area (Å²) in [5, 5.41) is 11.0. The molecule has 0 unspecified atom stereocenters. The number of rotatable bonds is 6. The summed E-state index contributed by atoms with van der Waals surface area (Å²) in [4.78, 5) is 0. The smallest absolute Gasteiger partial charge is 0.0932 e. The van der Waals surface area contributed by atoms with E-state index in [9.17, 15) is 0 Å². The van der Waals surface area contributed by atoms with E-state index in [0.29, 0.717) is 6.61 Å². The van der Waals surface area contributed by atoms with E-state index in [1.807, 2.05) is 0 Å². The maximum Gasteiger partial charge on any atom is 0.0932 e. The Hall–Kier alpha value is -0.120. The summed E-state index contributed by atoms with van der Waals surface area (Å²) in [5.74, 6) is 0. The Kier molecular flexibility index (Phi) is 7.77. The van der Waals surface area contributed by atoms with Crippen LogP contribution in [-0.2, 0) is 4.74 Å². The molecule has 3 nitrogen and oxygen atoms in total. The van der Waals surface area contributed by atoms with Gasteiger partial charge in [-0.05, 0) is 6.42 Å². The van der Waals surface area contributed by atoms with Crippen molar-refractivity contribution < 1.29 is 9.84 Å². The average molecular weight is 133 g/mol. The Morgan fingerprint density at radius 1 is 1.44 bits per heavy atom. The minimum Gasteiger partial charge on any atom is -0.381 e. The van der Waals surface area contributed by atoms with Gasteiger partial charge in [-0.1, -0.05) is 6.92 Å². The molecule has 0 fully saturated rings. The second-order valence-corrected chi connectivity index (χ2v) is 1.77. The number of aliphatic hydroxyl groups excluding tert-OH is 1. The van der Waals surface area contributed by atoms with Crippen molar-refractivity contribution in [2.45, 2.75) is 13.3 Å². The summed E-state index contributed by atoms with van der Waals surface area (Å²) in [6.07, 6.45) is 1.05. The molecular weight excluding hydrogens is 118 g/mol. The van der Waals surface area contributed by atoms with Gasteiger partial charge in [0.25, 0.3) is 0 Å². The van der Waals surface area contributed by atoms with Crippen molar-refractivity contribution in [3.63, 3.8) is 0 Å². The molecule has 0 aromatic carbocycles. The third-order valence-electron chi connectivity index (χ3n) is 0.883. The lowest BCUT2D eigenvalue weighted by atomic mass is 10.5. The quantitative estimate of drug-likeness (QED) is 0.394. The zero-order valence-electron chi connectivity index (χ0n) is 5.89. The Morgan fingerprint density at radius 3 is 2.78 bits per heavy atom. The summed E-state index contributed by atoms with van der Waals surface area (Å²) in [5.41, 5.74) is 0. The summed E-state index contributed by atoms with van der Waals surface area (Å²) in [7, 11) is 0. The minimum atomic E-state index is 0.0372. The zero-order valence-corrected chi connectivity index (χ0v) is 5.89. The number of ether oxygens (including phenoxy) is 1. The molecule has 0 aromatic heterocycles. The number of hydrogen-bond donors (Lipinski definition) is 2. The maximum atomic E-state index is 8.26. The van der Waals surface area contributed by atoms with Crippen LogP contribution in [0.25, 0.3) is 0 Å².